The SMILES string of the molecule is CCOc1cc(N(C)C2CCN(CC)CC2)c(N)cc1F. The van der Waals surface area contributed by atoms with Crippen LogP contribution in [0.5, 0.6) is 5.75 Å². The average molecular weight is 295 g/mol. The van der Waals surface area contributed by atoms with E-state index in [4.69, 9.17) is 10.5 Å². The molecule has 2 rings (SSSR count). The average Bonchev–Trinajstić information content (AvgIpc) is 2.49. The van der Waals surface area contributed by atoms with Crippen LogP contribution in [0.15, 0.2) is 12.1 Å². The van der Waals surface area contributed by atoms with Crippen LogP contribution in [0.3, 0.4) is 0 Å². The molecule has 5 heteroatoms. The molecule has 0 spiro atoms. The molecule has 0 aliphatic carbocycles. The first kappa shape index (κ1) is 15.9. The van der Waals surface area contributed by atoms with Gasteiger partial charge in [-0.2, -0.15) is 0 Å². The molecule has 0 radical (unpaired) electrons. The van der Waals surface area contributed by atoms with E-state index in [1.165, 1.54) is 6.07 Å². The van der Waals surface area contributed by atoms with E-state index in [2.05, 4.69) is 16.7 Å². The molecule has 1 aliphatic heterocycles. The number of benzene rings is 1. The number of anilines is 2. The Morgan fingerprint density at radius 2 is 2.00 bits per heavy atom. The summed E-state index contributed by atoms with van der Waals surface area (Å²) in [5, 5.41) is 0. The lowest BCUT2D eigenvalue weighted by Gasteiger charge is -2.38. The highest BCUT2D eigenvalue weighted by molar-refractivity contribution is 5.70. The molecule has 0 amide bonds. The van der Waals surface area contributed by atoms with Gasteiger partial charge in [0.15, 0.2) is 11.6 Å². The normalized spacial score (nSPS) is 17.0. The van der Waals surface area contributed by atoms with Crippen LogP contribution in [0, 0.1) is 5.82 Å². The van der Waals surface area contributed by atoms with Gasteiger partial charge in [-0.15, -0.1) is 0 Å². The fraction of sp³-hybridized carbons (Fsp3) is 0.625. The van der Waals surface area contributed by atoms with Gasteiger partial charge in [0.1, 0.15) is 0 Å². The summed E-state index contributed by atoms with van der Waals surface area (Å²) in [6, 6.07) is 3.52. The molecule has 0 atom stereocenters. The van der Waals surface area contributed by atoms with E-state index >= 15 is 0 Å². The van der Waals surface area contributed by atoms with Crippen molar-refractivity contribution in [3.63, 3.8) is 0 Å². The van der Waals surface area contributed by atoms with Crippen molar-refractivity contribution in [3.05, 3.63) is 17.9 Å². The minimum atomic E-state index is -0.396. The van der Waals surface area contributed by atoms with Gasteiger partial charge in [0.05, 0.1) is 18.0 Å². The summed E-state index contributed by atoms with van der Waals surface area (Å²) < 4.78 is 19.1. The molecule has 0 saturated carbocycles. The molecule has 1 aromatic carbocycles. The number of halogens is 1. The van der Waals surface area contributed by atoms with Gasteiger partial charge in [-0.25, -0.2) is 4.39 Å². The fourth-order valence-corrected chi connectivity index (χ4v) is 2.95. The molecular formula is C16H26FN3O. The van der Waals surface area contributed by atoms with Gasteiger partial charge in [0, 0.05) is 38.3 Å². The second-order valence-corrected chi connectivity index (χ2v) is 5.55. The van der Waals surface area contributed by atoms with Crippen molar-refractivity contribution in [2.24, 2.45) is 0 Å². The van der Waals surface area contributed by atoms with Crippen molar-refractivity contribution >= 4 is 11.4 Å². The second-order valence-electron chi connectivity index (χ2n) is 5.55. The maximum atomic E-state index is 13.8. The Morgan fingerprint density at radius 1 is 1.33 bits per heavy atom. The van der Waals surface area contributed by atoms with Gasteiger partial charge >= 0.3 is 0 Å². The van der Waals surface area contributed by atoms with Crippen LogP contribution in [0.25, 0.3) is 0 Å². The third kappa shape index (κ3) is 3.59. The zero-order valence-corrected chi connectivity index (χ0v) is 13.2. The highest BCUT2D eigenvalue weighted by Gasteiger charge is 2.23. The largest absolute Gasteiger partial charge is 0.491 e. The van der Waals surface area contributed by atoms with Crippen molar-refractivity contribution in [2.45, 2.75) is 32.7 Å². The van der Waals surface area contributed by atoms with Crippen LogP contribution < -0.4 is 15.4 Å². The Hall–Kier alpha value is -1.49. The molecule has 1 aromatic rings. The number of likely N-dealkylation sites (tertiary alicyclic amines) is 1. The zero-order valence-electron chi connectivity index (χ0n) is 13.2. The van der Waals surface area contributed by atoms with E-state index in [9.17, 15) is 4.39 Å². The lowest BCUT2D eigenvalue weighted by atomic mass is 10.0. The van der Waals surface area contributed by atoms with Gasteiger partial charge in [0.25, 0.3) is 0 Å². The first-order valence-corrected chi connectivity index (χ1v) is 7.73. The first-order valence-electron chi connectivity index (χ1n) is 7.73. The Kier molecular flexibility index (Phi) is 5.28. The van der Waals surface area contributed by atoms with E-state index in [0.29, 0.717) is 18.3 Å². The fourth-order valence-electron chi connectivity index (χ4n) is 2.95. The molecule has 1 fully saturated rings. The molecule has 2 N–H and O–H groups in total. The maximum absolute atomic E-state index is 13.8. The molecule has 4 nitrogen and oxygen atoms in total. The summed E-state index contributed by atoms with van der Waals surface area (Å²) in [5.41, 5.74) is 7.33. The van der Waals surface area contributed by atoms with E-state index < -0.39 is 5.82 Å². The Labute approximate surface area is 126 Å². The van der Waals surface area contributed by atoms with Crippen LogP contribution in [0.4, 0.5) is 15.8 Å². The molecule has 0 bridgehead atoms. The Balaban J connectivity index is 2.15. The number of nitrogens with two attached hydrogens (primary N) is 1. The second kappa shape index (κ2) is 6.98. The standard InChI is InChI=1S/C16H26FN3O/c1-4-20-8-6-12(7-9-20)19(3)15-11-16(21-5-2)13(17)10-14(15)18/h10-12H,4-9,18H2,1-3H3. The van der Waals surface area contributed by atoms with Gasteiger partial charge < -0.3 is 20.3 Å². The Bertz CT molecular complexity index is 473. The smallest absolute Gasteiger partial charge is 0.167 e. The highest BCUT2D eigenvalue weighted by Crippen LogP contribution is 2.33. The predicted molar refractivity (Wildman–Crippen MR) is 85.5 cm³/mol. The van der Waals surface area contributed by atoms with Gasteiger partial charge in [-0.1, -0.05) is 6.92 Å². The van der Waals surface area contributed by atoms with Gasteiger partial charge in [-0.3, -0.25) is 0 Å². The van der Waals surface area contributed by atoms with Crippen LogP contribution in [-0.2, 0) is 0 Å². The van der Waals surface area contributed by atoms with Crippen LogP contribution in [0.1, 0.15) is 26.7 Å². The van der Waals surface area contributed by atoms with E-state index in [1.807, 2.05) is 14.0 Å². The van der Waals surface area contributed by atoms with Gasteiger partial charge in [-0.05, 0) is 26.3 Å². The molecule has 1 aliphatic rings. The lowest BCUT2D eigenvalue weighted by molar-refractivity contribution is 0.221. The number of rotatable bonds is 5. The number of hydrogen-bond donors (Lipinski definition) is 1. The molecule has 21 heavy (non-hydrogen) atoms. The van der Waals surface area contributed by atoms with Crippen molar-refractivity contribution in [1.82, 2.24) is 4.90 Å². The summed E-state index contributed by atoms with van der Waals surface area (Å²) in [7, 11) is 2.03. The minimum absolute atomic E-state index is 0.277. The lowest BCUT2D eigenvalue weighted by Crippen LogP contribution is -2.43. The number of piperidine rings is 1. The molecule has 0 aromatic heterocycles. The van der Waals surface area contributed by atoms with Crippen molar-refractivity contribution in [3.8, 4) is 5.75 Å². The Morgan fingerprint density at radius 3 is 2.57 bits per heavy atom. The maximum Gasteiger partial charge on any atom is 0.167 e. The minimum Gasteiger partial charge on any atom is -0.491 e. The summed E-state index contributed by atoms with van der Waals surface area (Å²) in [5.74, 6) is -0.119. The molecule has 0 unspecified atom stereocenters. The van der Waals surface area contributed by atoms with Crippen LogP contribution >= 0.6 is 0 Å². The van der Waals surface area contributed by atoms with Crippen molar-refractivity contribution in [1.29, 1.82) is 0 Å². The third-order valence-electron chi connectivity index (χ3n) is 4.31. The summed E-state index contributed by atoms with van der Waals surface area (Å²) >= 11 is 0. The van der Waals surface area contributed by atoms with Crippen molar-refractivity contribution in [2.75, 3.05) is 43.9 Å². The monoisotopic (exact) mass is 295 g/mol. The molecular weight excluding hydrogens is 269 g/mol. The van der Waals surface area contributed by atoms with E-state index in [1.54, 1.807) is 6.07 Å². The summed E-state index contributed by atoms with van der Waals surface area (Å²) in [6.07, 6.45) is 2.20. The number of nitrogen functional groups attached to an aromatic ring is 1. The van der Waals surface area contributed by atoms with Crippen LogP contribution in [-0.4, -0.2) is 44.2 Å². The number of nitrogens with zero attached hydrogens (tertiary/aromatic N) is 2. The predicted octanol–water partition coefficient (Wildman–Crippen LogP) is 2.73. The molecule has 118 valence electrons. The van der Waals surface area contributed by atoms with Crippen molar-refractivity contribution < 1.29 is 9.13 Å². The van der Waals surface area contributed by atoms with E-state index in [-0.39, 0.29) is 5.75 Å². The van der Waals surface area contributed by atoms with Crippen LogP contribution in [0.2, 0.25) is 0 Å². The van der Waals surface area contributed by atoms with Gasteiger partial charge in [0.2, 0.25) is 0 Å². The van der Waals surface area contributed by atoms with E-state index in [0.717, 1.165) is 38.2 Å². The topological polar surface area (TPSA) is 41.7 Å². The summed E-state index contributed by atoms with van der Waals surface area (Å²) in [6.45, 7) is 7.79. The number of hydrogen-bond acceptors (Lipinski definition) is 4. The molecule has 1 saturated heterocycles. The molecule has 1 heterocycles. The zero-order chi connectivity index (χ0) is 15.4. The first-order chi connectivity index (χ1) is 10.1. The number of ether oxygens (including phenoxy) is 1. The highest BCUT2D eigenvalue weighted by atomic mass is 19.1. The summed E-state index contributed by atoms with van der Waals surface area (Å²) in [4.78, 5) is 4.62. The third-order valence-corrected chi connectivity index (χ3v) is 4.31. The quantitative estimate of drug-likeness (QED) is 0.848.